The Labute approximate surface area is 74.0 Å². The van der Waals surface area contributed by atoms with Gasteiger partial charge < -0.3 is 5.32 Å². The van der Waals surface area contributed by atoms with E-state index in [0.717, 1.165) is 5.82 Å². The number of nitrogens with zero attached hydrogens (tertiary/aromatic N) is 1. The maximum atomic E-state index is 4.25. The second kappa shape index (κ2) is 3.13. The lowest BCUT2D eigenvalue weighted by atomic mass is 9.88. The molecule has 0 radical (unpaired) electrons. The van der Waals surface area contributed by atoms with Crippen molar-refractivity contribution >= 4 is 5.82 Å². The summed E-state index contributed by atoms with van der Waals surface area (Å²) < 4.78 is 0. The number of rotatable bonds is 1. The Morgan fingerprint density at radius 1 is 1.25 bits per heavy atom. The summed E-state index contributed by atoms with van der Waals surface area (Å²) in [6, 6.07) is 4.11. The first-order valence-electron chi connectivity index (χ1n) is 4.18. The van der Waals surface area contributed by atoms with E-state index < -0.39 is 0 Å². The van der Waals surface area contributed by atoms with Gasteiger partial charge in [0, 0.05) is 13.2 Å². The number of hydrogen-bond donors (Lipinski definition) is 1. The Hall–Kier alpha value is -1.05. The minimum atomic E-state index is 0.194. The van der Waals surface area contributed by atoms with Crippen molar-refractivity contribution in [2.45, 2.75) is 26.2 Å². The fourth-order valence-electron chi connectivity index (χ4n) is 0.985. The minimum Gasteiger partial charge on any atom is -0.373 e. The lowest BCUT2D eigenvalue weighted by Gasteiger charge is -2.18. The van der Waals surface area contributed by atoms with Gasteiger partial charge in [0.15, 0.2) is 0 Å². The summed E-state index contributed by atoms with van der Waals surface area (Å²) in [7, 11) is 1.87. The molecule has 0 saturated heterocycles. The first-order valence-corrected chi connectivity index (χ1v) is 4.18. The molecule has 1 heterocycles. The number of pyridine rings is 1. The molecule has 12 heavy (non-hydrogen) atoms. The maximum absolute atomic E-state index is 4.25. The van der Waals surface area contributed by atoms with Crippen LogP contribution >= 0.6 is 0 Å². The van der Waals surface area contributed by atoms with Gasteiger partial charge in [-0.2, -0.15) is 0 Å². The van der Waals surface area contributed by atoms with Gasteiger partial charge in [0.1, 0.15) is 5.82 Å². The molecule has 0 aliphatic rings. The van der Waals surface area contributed by atoms with Crippen LogP contribution in [0.3, 0.4) is 0 Å². The molecule has 0 aliphatic heterocycles. The van der Waals surface area contributed by atoms with Crippen LogP contribution in [0, 0.1) is 0 Å². The van der Waals surface area contributed by atoms with Crippen LogP contribution in [-0.2, 0) is 5.41 Å². The average molecular weight is 164 g/mol. The van der Waals surface area contributed by atoms with Crippen LogP contribution in [0.4, 0.5) is 5.82 Å². The third kappa shape index (κ3) is 1.97. The SMILES string of the molecule is CNc1ccc(C(C)(C)C)cn1. The normalized spacial score (nSPS) is 11.3. The van der Waals surface area contributed by atoms with Crippen LogP contribution in [0.1, 0.15) is 26.3 Å². The molecule has 66 valence electrons. The van der Waals surface area contributed by atoms with Crippen LogP contribution in [0.5, 0.6) is 0 Å². The van der Waals surface area contributed by atoms with Crippen molar-refractivity contribution in [1.82, 2.24) is 4.98 Å². The Balaban J connectivity index is 2.93. The second-order valence-corrected chi connectivity index (χ2v) is 3.93. The monoisotopic (exact) mass is 164 g/mol. The first-order chi connectivity index (χ1) is 5.54. The molecule has 2 nitrogen and oxygen atoms in total. The molecule has 0 amide bonds. The quantitative estimate of drug-likeness (QED) is 0.689. The molecular weight excluding hydrogens is 148 g/mol. The van der Waals surface area contributed by atoms with Crippen LogP contribution in [0.2, 0.25) is 0 Å². The van der Waals surface area contributed by atoms with Crippen molar-refractivity contribution < 1.29 is 0 Å². The van der Waals surface area contributed by atoms with Crippen molar-refractivity contribution in [3.8, 4) is 0 Å². The van der Waals surface area contributed by atoms with Gasteiger partial charge in [-0.25, -0.2) is 4.98 Å². The lowest BCUT2D eigenvalue weighted by Crippen LogP contribution is -2.11. The summed E-state index contributed by atoms with van der Waals surface area (Å²) >= 11 is 0. The zero-order valence-electron chi connectivity index (χ0n) is 8.18. The molecule has 0 spiro atoms. The molecule has 2 heteroatoms. The molecular formula is C10H16N2. The molecule has 1 N–H and O–H groups in total. The fourth-order valence-corrected chi connectivity index (χ4v) is 0.985. The van der Waals surface area contributed by atoms with E-state index in [-0.39, 0.29) is 5.41 Å². The summed E-state index contributed by atoms with van der Waals surface area (Å²) in [5, 5.41) is 2.99. The van der Waals surface area contributed by atoms with E-state index in [1.165, 1.54) is 5.56 Å². The van der Waals surface area contributed by atoms with Crippen molar-refractivity contribution in [3.05, 3.63) is 23.9 Å². The van der Waals surface area contributed by atoms with Crippen LogP contribution in [0.15, 0.2) is 18.3 Å². The number of anilines is 1. The third-order valence-electron chi connectivity index (χ3n) is 1.89. The zero-order valence-corrected chi connectivity index (χ0v) is 8.18. The summed E-state index contributed by atoms with van der Waals surface area (Å²) in [5.74, 6) is 0.919. The first kappa shape index (κ1) is 9.04. The van der Waals surface area contributed by atoms with Gasteiger partial charge in [0.25, 0.3) is 0 Å². The highest BCUT2D eigenvalue weighted by molar-refractivity contribution is 5.36. The molecule has 0 bridgehead atoms. The highest BCUT2D eigenvalue weighted by Gasteiger charge is 2.12. The lowest BCUT2D eigenvalue weighted by molar-refractivity contribution is 0.587. The van der Waals surface area contributed by atoms with Crippen molar-refractivity contribution in [2.75, 3.05) is 12.4 Å². The molecule has 0 saturated carbocycles. The Morgan fingerprint density at radius 3 is 2.25 bits per heavy atom. The summed E-state index contributed by atoms with van der Waals surface area (Å²) in [4.78, 5) is 4.25. The Kier molecular flexibility index (Phi) is 2.36. The van der Waals surface area contributed by atoms with Crippen LogP contribution < -0.4 is 5.32 Å². The molecule has 1 aromatic heterocycles. The van der Waals surface area contributed by atoms with E-state index in [2.05, 4.69) is 37.1 Å². The van der Waals surface area contributed by atoms with Crippen molar-refractivity contribution in [3.63, 3.8) is 0 Å². The van der Waals surface area contributed by atoms with Crippen molar-refractivity contribution in [1.29, 1.82) is 0 Å². The Bertz CT molecular complexity index is 244. The van der Waals surface area contributed by atoms with E-state index in [1.807, 2.05) is 19.3 Å². The zero-order chi connectivity index (χ0) is 9.19. The van der Waals surface area contributed by atoms with Gasteiger partial charge in [-0.05, 0) is 17.0 Å². The molecule has 0 aromatic carbocycles. The topological polar surface area (TPSA) is 24.9 Å². The fraction of sp³-hybridized carbons (Fsp3) is 0.500. The summed E-state index contributed by atoms with van der Waals surface area (Å²) in [5.41, 5.74) is 1.46. The highest BCUT2D eigenvalue weighted by atomic mass is 14.9. The number of aromatic nitrogens is 1. The van der Waals surface area contributed by atoms with E-state index in [1.54, 1.807) is 0 Å². The van der Waals surface area contributed by atoms with Gasteiger partial charge in [0.2, 0.25) is 0 Å². The molecule has 0 unspecified atom stereocenters. The Morgan fingerprint density at radius 2 is 1.92 bits per heavy atom. The number of hydrogen-bond acceptors (Lipinski definition) is 2. The van der Waals surface area contributed by atoms with Crippen molar-refractivity contribution in [2.24, 2.45) is 0 Å². The molecule has 0 fully saturated rings. The predicted octanol–water partition coefficient (Wildman–Crippen LogP) is 2.42. The van der Waals surface area contributed by atoms with E-state index in [0.29, 0.717) is 0 Å². The molecule has 0 atom stereocenters. The summed E-state index contributed by atoms with van der Waals surface area (Å²) in [6.45, 7) is 6.55. The van der Waals surface area contributed by atoms with Gasteiger partial charge in [-0.1, -0.05) is 26.8 Å². The van der Waals surface area contributed by atoms with Gasteiger partial charge in [-0.3, -0.25) is 0 Å². The van der Waals surface area contributed by atoms with Gasteiger partial charge in [0.05, 0.1) is 0 Å². The predicted molar refractivity (Wildman–Crippen MR) is 52.5 cm³/mol. The van der Waals surface area contributed by atoms with Crippen LogP contribution in [-0.4, -0.2) is 12.0 Å². The summed E-state index contributed by atoms with van der Waals surface area (Å²) in [6.07, 6.45) is 1.92. The molecule has 1 rings (SSSR count). The largest absolute Gasteiger partial charge is 0.373 e. The smallest absolute Gasteiger partial charge is 0.125 e. The highest BCUT2D eigenvalue weighted by Crippen LogP contribution is 2.21. The standard InChI is InChI=1S/C10H16N2/c1-10(2,3)8-5-6-9(11-4)12-7-8/h5-7H,1-4H3,(H,11,12). The molecule has 1 aromatic rings. The second-order valence-electron chi connectivity index (χ2n) is 3.93. The van der Waals surface area contributed by atoms with E-state index in [4.69, 9.17) is 0 Å². The van der Waals surface area contributed by atoms with Gasteiger partial charge in [-0.15, -0.1) is 0 Å². The number of nitrogens with one attached hydrogen (secondary N) is 1. The maximum Gasteiger partial charge on any atom is 0.125 e. The molecule has 0 aliphatic carbocycles. The van der Waals surface area contributed by atoms with Crippen LogP contribution in [0.25, 0.3) is 0 Å². The van der Waals surface area contributed by atoms with E-state index >= 15 is 0 Å². The minimum absolute atomic E-state index is 0.194. The van der Waals surface area contributed by atoms with Gasteiger partial charge >= 0.3 is 0 Å². The van der Waals surface area contributed by atoms with E-state index in [9.17, 15) is 0 Å². The third-order valence-corrected chi connectivity index (χ3v) is 1.89. The average Bonchev–Trinajstić information content (AvgIpc) is 2.03.